The van der Waals surface area contributed by atoms with E-state index >= 15 is 0 Å². The second-order valence-electron chi connectivity index (χ2n) is 5.42. The van der Waals surface area contributed by atoms with Gasteiger partial charge in [-0.2, -0.15) is 0 Å². The molecule has 0 heterocycles. The number of carbonyl (C=O) groups excluding carboxylic acids is 1. The molecule has 0 aliphatic carbocycles. The van der Waals surface area contributed by atoms with Gasteiger partial charge in [0.2, 0.25) is 5.91 Å². The number of aryl methyl sites for hydroxylation is 2. The lowest BCUT2D eigenvalue weighted by Gasteiger charge is -2.10. The zero-order valence-electron chi connectivity index (χ0n) is 13.4. The highest BCUT2D eigenvalue weighted by atomic mass is 16.5. The molecule has 0 atom stereocenters. The molecule has 2 N–H and O–H groups in total. The zero-order chi connectivity index (χ0) is 16.4. The fourth-order valence-electron chi connectivity index (χ4n) is 1.99. The lowest BCUT2D eigenvalue weighted by atomic mass is 10.1. The first-order valence-electron chi connectivity index (χ1n) is 7.67. The number of rotatable bonds is 10. The van der Waals surface area contributed by atoms with Crippen LogP contribution in [0.25, 0.3) is 0 Å². The van der Waals surface area contributed by atoms with Gasteiger partial charge in [0.25, 0.3) is 0 Å². The molecule has 0 fully saturated rings. The molecule has 0 aliphatic rings. The second kappa shape index (κ2) is 9.82. The number of carboxylic acid groups (broad SMARTS) is 1. The molecule has 1 aromatic rings. The molecule has 5 heteroatoms. The highest BCUT2D eigenvalue weighted by molar-refractivity contribution is 5.75. The number of unbranched alkanes of at least 4 members (excludes halogenated alkanes) is 1. The van der Waals surface area contributed by atoms with Gasteiger partial charge in [-0.1, -0.05) is 12.1 Å². The number of aliphatic carboxylic acids is 1. The Hall–Kier alpha value is -2.04. The van der Waals surface area contributed by atoms with E-state index in [0.29, 0.717) is 26.0 Å². The van der Waals surface area contributed by atoms with Gasteiger partial charge in [-0.25, -0.2) is 0 Å². The van der Waals surface area contributed by atoms with Crippen molar-refractivity contribution < 1.29 is 19.4 Å². The molecule has 0 aromatic heterocycles. The maximum atomic E-state index is 11.5. The molecule has 0 saturated heterocycles. The highest BCUT2D eigenvalue weighted by Crippen LogP contribution is 2.19. The summed E-state index contributed by atoms with van der Waals surface area (Å²) in [6.07, 6.45) is 2.58. The summed E-state index contributed by atoms with van der Waals surface area (Å²) < 4.78 is 5.73. The van der Waals surface area contributed by atoms with Gasteiger partial charge < -0.3 is 15.2 Å². The third-order valence-corrected chi connectivity index (χ3v) is 3.29. The molecule has 1 rings (SSSR count). The average molecular weight is 307 g/mol. The number of hydrogen-bond donors (Lipinski definition) is 2. The zero-order valence-corrected chi connectivity index (χ0v) is 13.4. The third kappa shape index (κ3) is 7.67. The van der Waals surface area contributed by atoms with Crippen molar-refractivity contribution in [2.24, 2.45) is 0 Å². The SMILES string of the molecule is Cc1ccc(C)c(OCCCCC(=O)NCCCC(=O)O)c1. The van der Waals surface area contributed by atoms with Gasteiger partial charge in [0.15, 0.2) is 0 Å². The minimum atomic E-state index is -0.835. The van der Waals surface area contributed by atoms with Gasteiger partial charge in [-0.05, 0) is 50.3 Å². The van der Waals surface area contributed by atoms with Gasteiger partial charge in [0, 0.05) is 19.4 Å². The van der Waals surface area contributed by atoms with E-state index < -0.39 is 5.97 Å². The summed E-state index contributed by atoms with van der Waals surface area (Å²) in [4.78, 5) is 21.8. The van der Waals surface area contributed by atoms with Crippen LogP contribution in [0.4, 0.5) is 0 Å². The van der Waals surface area contributed by atoms with Crippen LogP contribution in [0.5, 0.6) is 5.75 Å². The number of nitrogens with one attached hydrogen (secondary N) is 1. The lowest BCUT2D eigenvalue weighted by molar-refractivity contribution is -0.137. The molecule has 1 aromatic carbocycles. The normalized spacial score (nSPS) is 10.3. The second-order valence-corrected chi connectivity index (χ2v) is 5.42. The quantitative estimate of drug-likeness (QED) is 0.652. The Bertz CT molecular complexity index is 499. The molecular formula is C17H25NO4. The van der Waals surface area contributed by atoms with E-state index in [4.69, 9.17) is 9.84 Å². The van der Waals surface area contributed by atoms with E-state index in [9.17, 15) is 9.59 Å². The maximum Gasteiger partial charge on any atom is 0.303 e. The van der Waals surface area contributed by atoms with Gasteiger partial charge in [0.1, 0.15) is 5.75 Å². The van der Waals surface area contributed by atoms with Crippen molar-refractivity contribution in [3.8, 4) is 5.75 Å². The first-order chi connectivity index (χ1) is 10.5. The first kappa shape index (κ1) is 18.0. The summed E-state index contributed by atoms with van der Waals surface area (Å²) in [5, 5.41) is 11.2. The lowest BCUT2D eigenvalue weighted by Crippen LogP contribution is -2.24. The Balaban J connectivity index is 2.08. The predicted octanol–water partition coefficient (Wildman–Crippen LogP) is 2.83. The van der Waals surface area contributed by atoms with E-state index in [-0.39, 0.29) is 12.3 Å². The number of hydrogen-bond acceptors (Lipinski definition) is 3. The number of carbonyl (C=O) groups is 2. The van der Waals surface area contributed by atoms with E-state index in [2.05, 4.69) is 11.4 Å². The number of carboxylic acids is 1. The number of benzene rings is 1. The molecule has 1 amide bonds. The Morgan fingerprint density at radius 2 is 1.91 bits per heavy atom. The van der Waals surface area contributed by atoms with Crippen LogP contribution in [0.15, 0.2) is 18.2 Å². The minimum Gasteiger partial charge on any atom is -0.493 e. The fraction of sp³-hybridized carbons (Fsp3) is 0.529. The Morgan fingerprint density at radius 1 is 1.14 bits per heavy atom. The smallest absolute Gasteiger partial charge is 0.303 e. The molecule has 22 heavy (non-hydrogen) atoms. The first-order valence-corrected chi connectivity index (χ1v) is 7.67. The van der Waals surface area contributed by atoms with Crippen molar-refractivity contribution in [2.45, 2.75) is 46.0 Å². The number of ether oxygens (including phenoxy) is 1. The van der Waals surface area contributed by atoms with E-state index in [1.54, 1.807) is 0 Å². The van der Waals surface area contributed by atoms with Crippen LogP contribution in [0.2, 0.25) is 0 Å². The summed E-state index contributed by atoms with van der Waals surface area (Å²) in [6.45, 7) is 5.06. The number of amides is 1. The van der Waals surface area contributed by atoms with Crippen LogP contribution < -0.4 is 10.1 Å². The topological polar surface area (TPSA) is 75.6 Å². The molecule has 0 saturated carbocycles. The third-order valence-electron chi connectivity index (χ3n) is 3.29. The Morgan fingerprint density at radius 3 is 2.64 bits per heavy atom. The van der Waals surface area contributed by atoms with Crippen LogP contribution in [-0.2, 0) is 9.59 Å². The molecule has 122 valence electrons. The molecule has 0 bridgehead atoms. The molecule has 5 nitrogen and oxygen atoms in total. The minimum absolute atomic E-state index is 0.0304. The maximum absolute atomic E-state index is 11.5. The van der Waals surface area contributed by atoms with Crippen LogP contribution >= 0.6 is 0 Å². The summed E-state index contributed by atoms with van der Waals surface area (Å²) in [7, 11) is 0. The monoisotopic (exact) mass is 307 g/mol. The molecule has 0 radical (unpaired) electrons. The van der Waals surface area contributed by atoms with Crippen molar-refractivity contribution in [3.63, 3.8) is 0 Å². The van der Waals surface area contributed by atoms with E-state index in [0.717, 1.165) is 24.2 Å². The summed E-state index contributed by atoms with van der Waals surface area (Å²) >= 11 is 0. The van der Waals surface area contributed by atoms with E-state index in [1.165, 1.54) is 5.56 Å². The van der Waals surface area contributed by atoms with Crippen molar-refractivity contribution in [2.75, 3.05) is 13.2 Å². The van der Waals surface area contributed by atoms with Gasteiger partial charge in [0.05, 0.1) is 6.61 Å². The summed E-state index contributed by atoms with van der Waals surface area (Å²) in [5.41, 5.74) is 2.28. The van der Waals surface area contributed by atoms with Gasteiger partial charge in [-0.15, -0.1) is 0 Å². The van der Waals surface area contributed by atoms with Crippen LogP contribution in [0.1, 0.15) is 43.2 Å². The van der Waals surface area contributed by atoms with Crippen LogP contribution in [-0.4, -0.2) is 30.1 Å². The summed E-state index contributed by atoms with van der Waals surface area (Å²) in [5.74, 6) is 0.0353. The molecule has 0 unspecified atom stereocenters. The van der Waals surface area contributed by atoms with Crippen molar-refractivity contribution in [1.29, 1.82) is 0 Å². The predicted molar refractivity (Wildman–Crippen MR) is 85.1 cm³/mol. The molecule has 0 spiro atoms. The van der Waals surface area contributed by atoms with Crippen LogP contribution in [0, 0.1) is 13.8 Å². The standard InChI is InChI=1S/C17H25NO4/c1-13-8-9-14(2)15(12-13)22-11-4-3-6-16(19)18-10-5-7-17(20)21/h8-9,12H,3-7,10-11H2,1-2H3,(H,18,19)(H,20,21). The Kier molecular flexibility index (Phi) is 8.04. The average Bonchev–Trinajstić information content (AvgIpc) is 2.46. The molecular weight excluding hydrogens is 282 g/mol. The van der Waals surface area contributed by atoms with Crippen LogP contribution in [0.3, 0.4) is 0 Å². The van der Waals surface area contributed by atoms with Crippen molar-refractivity contribution >= 4 is 11.9 Å². The molecule has 0 aliphatic heterocycles. The van der Waals surface area contributed by atoms with Crippen molar-refractivity contribution in [3.05, 3.63) is 29.3 Å². The highest BCUT2D eigenvalue weighted by Gasteiger charge is 2.03. The van der Waals surface area contributed by atoms with Gasteiger partial charge >= 0.3 is 5.97 Å². The van der Waals surface area contributed by atoms with Crippen molar-refractivity contribution in [1.82, 2.24) is 5.32 Å². The van der Waals surface area contributed by atoms with E-state index in [1.807, 2.05) is 26.0 Å². The van der Waals surface area contributed by atoms with Gasteiger partial charge in [-0.3, -0.25) is 9.59 Å². The largest absolute Gasteiger partial charge is 0.493 e. The summed E-state index contributed by atoms with van der Waals surface area (Å²) in [6, 6.07) is 6.11. The fourth-order valence-corrected chi connectivity index (χ4v) is 1.99. The Labute approximate surface area is 131 Å².